The molecule has 1 aliphatic rings. The fraction of sp³-hybridized carbons (Fsp3) is 0.353. The number of fused-ring (bicyclic) bond motifs is 1. The Bertz CT molecular complexity index is 677. The molecule has 0 spiro atoms. The fourth-order valence-corrected chi connectivity index (χ4v) is 2.55. The molecule has 128 valence electrons. The van der Waals surface area contributed by atoms with Crippen LogP contribution in [0.2, 0.25) is 0 Å². The molecule has 1 aromatic carbocycles. The summed E-state index contributed by atoms with van der Waals surface area (Å²) in [5.74, 6) is 1.30. The van der Waals surface area contributed by atoms with Crippen molar-refractivity contribution in [1.29, 1.82) is 0 Å². The second-order valence-corrected chi connectivity index (χ2v) is 5.55. The molecule has 1 N–H and O–H groups in total. The third-order valence-corrected chi connectivity index (χ3v) is 3.83. The van der Waals surface area contributed by atoms with Crippen molar-refractivity contribution >= 4 is 0 Å². The van der Waals surface area contributed by atoms with Gasteiger partial charge in [0.1, 0.15) is 6.04 Å². The van der Waals surface area contributed by atoms with Crippen LogP contribution in [0, 0.1) is 0 Å². The Balaban J connectivity index is 1.57. The summed E-state index contributed by atoms with van der Waals surface area (Å²) in [4.78, 5) is 3.82. The molecule has 24 heavy (non-hydrogen) atoms. The van der Waals surface area contributed by atoms with E-state index in [4.69, 9.17) is 9.47 Å². The fourth-order valence-electron chi connectivity index (χ4n) is 2.55. The highest BCUT2D eigenvalue weighted by Gasteiger charge is 2.39. The van der Waals surface area contributed by atoms with Crippen LogP contribution in [0.3, 0.4) is 0 Å². The maximum absolute atomic E-state index is 13.2. The van der Waals surface area contributed by atoms with Gasteiger partial charge in [0, 0.05) is 12.4 Å². The lowest BCUT2D eigenvalue weighted by Crippen LogP contribution is -2.44. The molecule has 3 rings (SSSR count). The van der Waals surface area contributed by atoms with E-state index in [1.54, 1.807) is 24.3 Å². The topological polar surface area (TPSA) is 43.4 Å². The molecule has 2 aromatic rings. The molecule has 1 atom stereocenters. The second kappa shape index (κ2) is 7.09. The third-order valence-electron chi connectivity index (χ3n) is 3.83. The van der Waals surface area contributed by atoms with Gasteiger partial charge < -0.3 is 14.8 Å². The summed E-state index contributed by atoms with van der Waals surface area (Å²) in [6.45, 7) is 0.397. The molecule has 0 aliphatic carbocycles. The SMILES string of the molecule is FC(F)(F)[C@H](Cc1ccncc1)NCCc1ccc2c(c1)OCO2. The first kappa shape index (κ1) is 16.6. The van der Waals surface area contributed by atoms with E-state index in [-0.39, 0.29) is 19.8 Å². The minimum absolute atomic E-state index is 0.118. The summed E-state index contributed by atoms with van der Waals surface area (Å²) in [7, 11) is 0. The van der Waals surface area contributed by atoms with E-state index in [9.17, 15) is 13.2 Å². The molecule has 7 heteroatoms. The third kappa shape index (κ3) is 4.17. The Morgan fingerprint density at radius 2 is 1.79 bits per heavy atom. The summed E-state index contributed by atoms with van der Waals surface area (Å²) in [5.41, 5.74) is 1.50. The predicted octanol–water partition coefficient (Wildman–Crippen LogP) is 3.12. The van der Waals surface area contributed by atoms with Gasteiger partial charge in [-0.1, -0.05) is 6.07 Å². The number of nitrogens with one attached hydrogen (secondary N) is 1. The van der Waals surface area contributed by atoms with E-state index in [1.165, 1.54) is 12.4 Å². The van der Waals surface area contributed by atoms with Crippen molar-refractivity contribution < 1.29 is 22.6 Å². The Hall–Kier alpha value is -2.28. The van der Waals surface area contributed by atoms with Crippen LogP contribution in [-0.4, -0.2) is 30.5 Å². The van der Waals surface area contributed by atoms with Gasteiger partial charge >= 0.3 is 6.18 Å². The lowest BCUT2D eigenvalue weighted by Gasteiger charge is -2.22. The quantitative estimate of drug-likeness (QED) is 0.879. The number of aromatic nitrogens is 1. The maximum Gasteiger partial charge on any atom is 0.404 e. The van der Waals surface area contributed by atoms with Gasteiger partial charge in [-0.15, -0.1) is 0 Å². The Labute approximate surface area is 137 Å². The molecule has 0 bridgehead atoms. The minimum atomic E-state index is -4.31. The minimum Gasteiger partial charge on any atom is -0.454 e. The van der Waals surface area contributed by atoms with Crippen LogP contribution in [0.25, 0.3) is 0 Å². The highest BCUT2D eigenvalue weighted by atomic mass is 19.4. The van der Waals surface area contributed by atoms with E-state index in [1.807, 2.05) is 6.07 Å². The molecule has 1 aromatic heterocycles. The first-order valence-electron chi connectivity index (χ1n) is 7.60. The van der Waals surface area contributed by atoms with Gasteiger partial charge in [0.2, 0.25) is 6.79 Å². The number of pyridine rings is 1. The average Bonchev–Trinajstić information content (AvgIpc) is 3.02. The Kier molecular flexibility index (Phi) is 4.89. The van der Waals surface area contributed by atoms with Crippen molar-refractivity contribution in [3.05, 3.63) is 53.9 Å². The number of alkyl halides is 3. The molecular formula is C17H17F3N2O2. The zero-order valence-electron chi connectivity index (χ0n) is 12.8. The summed E-state index contributed by atoms with van der Waals surface area (Å²) in [5, 5.41) is 2.61. The zero-order chi connectivity index (χ0) is 17.0. The van der Waals surface area contributed by atoms with Gasteiger partial charge in [0.25, 0.3) is 0 Å². The van der Waals surface area contributed by atoms with Crippen molar-refractivity contribution in [1.82, 2.24) is 10.3 Å². The molecule has 0 saturated carbocycles. The Morgan fingerprint density at radius 1 is 1.04 bits per heavy atom. The lowest BCUT2D eigenvalue weighted by atomic mass is 10.1. The standard InChI is InChI=1S/C17H17F3N2O2/c18-17(19,20)16(10-13-3-6-21-7-4-13)22-8-5-12-1-2-14-15(9-12)24-11-23-14/h1-4,6-7,9,16,22H,5,8,10-11H2/t16-/m0/s1. The number of rotatable bonds is 6. The highest BCUT2D eigenvalue weighted by molar-refractivity contribution is 5.44. The van der Waals surface area contributed by atoms with Gasteiger partial charge in [0.05, 0.1) is 0 Å². The van der Waals surface area contributed by atoms with Crippen molar-refractivity contribution in [2.75, 3.05) is 13.3 Å². The number of hydrogen-bond acceptors (Lipinski definition) is 4. The summed E-state index contributed by atoms with van der Waals surface area (Å²) in [6, 6.07) is 7.01. The van der Waals surface area contributed by atoms with Crippen LogP contribution in [0.4, 0.5) is 13.2 Å². The predicted molar refractivity (Wildman–Crippen MR) is 82.1 cm³/mol. The van der Waals surface area contributed by atoms with Crippen molar-refractivity contribution in [2.24, 2.45) is 0 Å². The molecule has 0 radical (unpaired) electrons. The Morgan fingerprint density at radius 3 is 2.54 bits per heavy atom. The first-order chi connectivity index (χ1) is 11.5. The van der Waals surface area contributed by atoms with E-state index in [0.717, 1.165) is 5.56 Å². The van der Waals surface area contributed by atoms with Crippen LogP contribution in [0.1, 0.15) is 11.1 Å². The van der Waals surface area contributed by atoms with Crippen LogP contribution in [0.15, 0.2) is 42.7 Å². The zero-order valence-corrected chi connectivity index (χ0v) is 12.8. The van der Waals surface area contributed by atoms with Gasteiger partial charge in [-0.05, 0) is 54.8 Å². The molecule has 2 heterocycles. The van der Waals surface area contributed by atoms with Gasteiger partial charge in [-0.2, -0.15) is 13.2 Å². The van der Waals surface area contributed by atoms with Gasteiger partial charge in [-0.25, -0.2) is 0 Å². The monoisotopic (exact) mass is 338 g/mol. The van der Waals surface area contributed by atoms with Crippen molar-refractivity contribution in [3.63, 3.8) is 0 Å². The summed E-state index contributed by atoms with van der Waals surface area (Å²) >= 11 is 0. The van der Waals surface area contributed by atoms with E-state index >= 15 is 0 Å². The molecule has 0 amide bonds. The second-order valence-electron chi connectivity index (χ2n) is 5.55. The van der Waals surface area contributed by atoms with Crippen molar-refractivity contribution in [3.8, 4) is 11.5 Å². The van der Waals surface area contributed by atoms with Gasteiger partial charge in [0.15, 0.2) is 11.5 Å². The molecule has 1 aliphatic heterocycles. The van der Waals surface area contributed by atoms with Crippen LogP contribution < -0.4 is 14.8 Å². The number of benzene rings is 1. The summed E-state index contributed by atoms with van der Waals surface area (Å²) < 4.78 is 50.1. The van der Waals surface area contributed by atoms with E-state index in [2.05, 4.69) is 10.3 Å². The maximum atomic E-state index is 13.2. The number of nitrogens with zero attached hydrogens (tertiary/aromatic N) is 1. The molecule has 4 nitrogen and oxygen atoms in total. The number of ether oxygens (including phenoxy) is 2. The van der Waals surface area contributed by atoms with Crippen LogP contribution >= 0.6 is 0 Å². The van der Waals surface area contributed by atoms with E-state index in [0.29, 0.717) is 23.5 Å². The number of hydrogen-bond donors (Lipinski definition) is 1. The van der Waals surface area contributed by atoms with E-state index < -0.39 is 12.2 Å². The molecule has 0 fully saturated rings. The summed E-state index contributed by atoms with van der Waals surface area (Å²) in [6.07, 6.45) is -0.963. The highest BCUT2D eigenvalue weighted by Crippen LogP contribution is 2.32. The average molecular weight is 338 g/mol. The van der Waals surface area contributed by atoms with Gasteiger partial charge in [-0.3, -0.25) is 4.98 Å². The largest absolute Gasteiger partial charge is 0.454 e. The molecular weight excluding hydrogens is 321 g/mol. The van der Waals surface area contributed by atoms with Crippen LogP contribution in [-0.2, 0) is 12.8 Å². The smallest absolute Gasteiger partial charge is 0.404 e. The lowest BCUT2D eigenvalue weighted by molar-refractivity contribution is -0.155. The molecule has 0 saturated heterocycles. The normalized spacial score (nSPS) is 14.6. The first-order valence-corrected chi connectivity index (χ1v) is 7.60. The number of halogens is 3. The van der Waals surface area contributed by atoms with Crippen molar-refractivity contribution in [2.45, 2.75) is 25.1 Å². The molecule has 0 unspecified atom stereocenters. The van der Waals surface area contributed by atoms with Crippen LogP contribution in [0.5, 0.6) is 11.5 Å².